The molecule has 0 saturated heterocycles. The summed E-state index contributed by atoms with van der Waals surface area (Å²) >= 11 is 0. The molecule has 0 aromatic heterocycles. The number of amides is 1. The summed E-state index contributed by atoms with van der Waals surface area (Å²) in [6, 6.07) is 3.62. The highest BCUT2D eigenvalue weighted by molar-refractivity contribution is 7.86. The van der Waals surface area contributed by atoms with Gasteiger partial charge in [0.05, 0.1) is 15.7 Å². The summed E-state index contributed by atoms with van der Waals surface area (Å²) in [5.74, 6) is -1.04. The van der Waals surface area contributed by atoms with Gasteiger partial charge in [0, 0.05) is 12.2 Å². The van der Waals surface area contributed by atoms with Gasteiger partial charge >= 0.3 is 0 Å². The predicted octanol–water partition coefficient (Wildman–Crippen LogP) is 1.04. The number of benzene rings is 1. The van der Waals surface area contributed by atoms with Crippen molar-refractivity contribution in [3.8, 4) is 0 Å². The summed E-state index contributed by atoms with van der Waals surface area (Å²) in [5.41, 5.74) is 5.80. The first-order valence-corrected chi connectivity index (χ1v) is 6.56. The summed E-state index contributed by atoms with van der Waals surface area (Å²) in [4.78, 5) is 11.5. The molecule has 3 N–H and O–H groups in total. The van der Waals surface area contributed by atoms with Crippen LogP contribution in [0.25, 0.3) is 0 Å². The fourth-order valence-electron chi connectivity index (χ4n) is 1.22. The smallest absolute Gasteiger partial charge is 0.233 e. The molecular formula is C11H15FN2O2S. The Morgan fingerprint density at radius 2 is 2.24 bits per heavy atom. The number of hydrogen-bond acceptors (Lipinski definition) is 3. The maximum absolute atomic E-state index is 13.0. The molecule has 0 heterocycles. The lowest BCUT2D eigenvalue weighted by molar-refractivity contribution is -0.118. The first-order valence-electron chi connectivity index (χ1n) is 5.24. The van der Waals surface area contributed by atoms with Crippen LogP contribution in [0.2, 0.25) is 0 Å². The molecule has 17 heavy (non-hydrogen) atoms. The van der Waals surface area contributed by atoms with Crippen LogP contribution in [0.15, 0.2) is 23.1 Å². The van der Waals surface area contributed by atoms with E-state index in [0.717, 1.165) is 12.5 Å². The predicted molar refractivity (Wildman–Crippen MR) is 65.4 cm³/mol. The summed E-state index contributed by atoms with van der Waals surface area (Å²) in [6.45, 7) is 2.45. The summed E-state index contributed by atoms with van der Waals surface area (Å²) in [7, 11) is -1.62. The van der Waals surface area contributed by atoms with E-state index in [1.807, 2.05) is 6.92 Å². The fourth-order valence-corrected chi connectivity index (χ4v) is 2.29. The van der Waals surface area contributed by atoms with Gasteiger partial charge in [0.1, 0.15) is 11.6 Å². The zero-order valence-corrected chi connectivity index (χ0v) is 10.3. The SMILES string of the molecule is CCCNC(=O)CS(=O)c1cc(F)ccc1N. The third kappa shape index (κ3) is 4.14. The molecule has 1 unspecified atom stereocenters. The van der Waals surface area contributed by atoms with Crippen LogP contribution in [0, 0.1) is 5.82 Å². The second kappa shape index (κ2) is 6.34. The number of carbonyl (C=O) groups is 1. The van der Waals surface area contributed by atoms with E-state index in [1.165, 1.54) is 12.1 Å². The number of halogens is 1. The van der Waals surface area contributed by atoms with Crippen LogP contribution in [0.4, 0.5) is 10.1 Å². The molecule has 0 saturated carbocycles. The van der Waals surface area contributed by atoms with Crippen molar-refractivity contribution < 1.29 is 13.4 Å². The van der Waals surface area contributed by atoms with Crippen molar-refractivity contribution in [1.29, 1.82) is 0 Å². The van der Waals surface area contributed by atoms with Crippen molar-refractivity contribution in [2.24, 2.45) is 0 Å². The van der Waals surface area contributed by atoms with Gasteiger partial charge in [0.15, 0.2) is 0 Å². The van der Waals surface area contributed by atoms with Gasteiger partial charge in [-0.25, -0.2) is 4.39 Å². The van der Waals surface area contributed by atoms with Crippen molar-refractivity contribution in [3.05, 3.63) is 24.0 Å². The van der Waals surface area contributed by atoms with Crippen LogP contribution in [0.1, 0.15) is 13.3 Å². The second-order valence-corrected chi connectivity index (χ2v) is 4.94. The zero-order chi connectivity index (χ0) is 12.8. The molecule has 1 aromatic rings. The molecule has 0 radical (unpaired) electrons. The largest absolute Gasteiger partial charge is 0.398 e. The molecule has 1 aromatic carbocycles. The van der Waals surface area contributed by atoms with E-state index in [4.69, 9.17) is 5.73 Å². The van der Waals surface area contributed by atoms with Crippen LogP contribution in [-0.4, -0.2) is 22.4 Å². The van der Waals surface area contributed by atoms with Gasteiger partial charge in [0.2, 0.25) is 5.91 Å². The number of carbonyl (C=O) groups excluding carboxylic acids is 1. The molecule has 0 aliphatic carbocycles. The Bertz CT molecular complexity index is 437. The molecule has 6 heteroatoms. The van der Waals surface area contributed by atoms with Gasteiger partial charge in [-0.05, 0) is 24.6 Å². The van der Waals surface area contributed by atoms with Crippen molar-refractivity contribution in [1.82, 2.24) is 5.32 Å². The molecule has 0 fully saturated rings. The van der Waals surface area contributed by atoms with Gasteiger partial charge in [-0.2, -0.15) is 0 Å². The lowest BCUT2D eigenvalue weighted by Gasteiger charge is -2.06. The lowest BCUT2D eigenvalue weighted by Crippen LogP contribution is -2.29. The maximum atomic E-state index is 13.0. The number of anilines is 1. The molecule has 1 atom stereocenters. The lowest BCUT2D eigenvalue weighted by atomic mass is 10.3. The van der Waals surface area contributed by atoms with Crippen molar-refractivity contribution in [2.45, 2.75) is 18.2 Å². The third-order valence-corrected chi connectivity index (χ3v) is 3.42. The molecular weight excluding hydrogens is 243 g/mol. The van der Waals surface area contributed by atoms with Crippen LogP contribution in [0.3, 0.4) is 0 Å². The monoisotopic (exact) mass is 258 g/mol. The first kappa shape index (κ1) is 13.6. The Kier molecular flexibility index (Phi) is 5.09. The summed E-state index contributed by atoms with van der Waals surface area (Å²) in [5, 5.41) is 2.60. The van der Waals surface area contributed by atoms with Crippen LogP contribution in [-0.2, 0) is 15.6 Å². The molecule has 1 rings (SSSR count). The summed E-state index contributed by atoms with van der Waals surface area (Å²) < 4.78 is 24.8. The average Bonchev–Trinajstić information content (AvgIpc) is 2.29. The quantitative estimate of drug-likeness (QED) is 0.775. The van der Waals surface area contributed by atoms with Crippen LogP contribution >= 0.6 is 0 Å². The van der Waals surface area contributed by atoms with Gasteiger partial charge in [-0.3, -0.25) is 9.00 Å². The normalized spacial score (nSPS) is 12.1. The maximum Gasteiger partial charge on any atom is 0.233 e. The van der Waals surface area contributed by atoms with E-state index in [1.54, 1.807) is 0 Å². The van der Waals surface area contributed by atoms with Crippen molar-refractivity contribution >= 4 is 22.4 Å². The second-order valence-electron chi connectivity index (χ2n) is 3.52. The molecule has 4 nitrogen and oxygen atoms in total. The highest BCUT2D eigenvalue weighted by Gasteiger charge is 2.13. The average molecular weight is 258 g/mol. The highest BCUT2D eigenvalue weighted by Crippen LogP contribution is 2.17. The Morgan fingerprint density at radius 1 is 1.53 bits per heavy atom. The van der Waals surface area contributed by atoms with E-state index in [9.17, 15) is 13.4 Å². The Morgan fingerprint density at radius 3 is 2.88 bits per heavy atom. The summed E-state index contributed by atoms with van der Waals surface area (Å²) in [6.07, 6.45) is 0.806. The van der Waals surface area contributed by atoms with E-state index < -0.39 is 16.6 Å². The molecule has 94 valence electrons. The molecule has 0 bridgehead atoms. The van der Waals surface area contributed by atoms with E-state index in [2.05, 4.69) is 5.32 Å². The number of rotatable bonds is 5. The van der Waals surface area contributed by atoms with E-state index in [-0.39, 0.29) is 22.2 Å². The minimum atomic E-state index is -1.62. The van der Waals surface area contributed by atoms with Gasteiger partial charge in [-0.15, -0.1) is 0 Å². The first-order chi connectivity index (χ1) is 8.04. The molecule has 0 aliphatic rings. The number of nitrogens with one attached hydrogen (secondary N) is 1. The van der Waals surface area contributed by atoms with Gasteiger partial charge in [-0.1, -0.05) is 6.92 Å². The number of hydrogen-bond donors (Lipinski definition) is 2. The molecule has 0 aliphatic heterocycles. The Hall–Kier alpha value is -1.43. The van der Waals surface area contributed by atoms with Crippen LogP contribution in [0.5, 0.6) is 0 Å². The standard InChI is InChI=1S/C11H15FN2O2S/c1-2-5-14-11(15)7-17(16)10-6-8(12)3-4-9(10)13/h3-4,6H,2,5,7,13H2,1H3,(H,14,15). The van der Waals surface area contributed by atoms with E-state index in [0.29, 0.717) is 6.54 Å². The minimum Gasteiger partial charge on any atom is -0.398 e. The number of nitrogen functional groups attached to an aromatic ring is 1. The molecule has 0 spiro atoms. The van der Waals surface area contributed by atoms with Crippen molar-refractivity contribution in [2.75, 3.05) is 18.0 Å². The van der Waals surface area contributed by atoms with E-state index >= 15 is 0 Å². The van der Waals surface area contributed by atoms with Crippen molar-refractivity contribution in [3.63, 3.8) is 0 Å². The van der Waals surface area contributed by atoms with Crippen LogP contribution < -0.4 is 11.1 Å². The highest BCUT2D eigenvalue weighted by atomic mass is 32.2. The topological polar surface area (TPSA) is 72.2 Å². The number of nitrogens with two attached hydrogens (primary N) is 1. The van der Waals surface area contributed by atoms with Gasteiger partial charge < -0.3 is 11.1 Å². The minimum absolute atomic E-state index is 0.164. The van der Waals surface area contributed by atoms with Gasteiger partial charge in [0.25, 0.3) is 0 Å². The Balaban J connectivity index is 2.69. The fraction of sp³-hybridized carbons (Fsp3) is 0.364. The molecule has 1 amide bonds. The Labute approximate surface area is 102 Å². The third-order valence-electron chi connectivity index (χ3n) is 2.06. The zero-order valence-electron chi connectivity index (χ0n) is 9.53.